The molecular formula is C20H37F3IN5O. The van der Waals surface area contributed by atoms with Crippen molar-refractivity contribution in [1.29, 1.82) is 0 Å². The number of piperazine rings is 1. The van der Waals surface area contributed by atoms with E-state index in [1.54, 1.807) is 0 Å². The molecule has 6 nitrogen and oxygen atoms in total. The number of unbranched alkanes of at least 4 members (excludes halogenated alkanes) is 1. The molecule has 2 aliphatic heterocycles. The van der Waals surface area contributed by atoms with Crippen molar-refractivity contribution in [3.63, 3.8) is 0 Å². The van der Waals surface area contributed by atoms with E-state index >= 15 is 0 Å². The summed E-state index contributed by atoms with van der Waals surface area (Å²) < 4.78 is 36.7. The lowest BCUT2D eigenvalue weighted by atomic mass is 10.2. The zero-order chi connectivity index (χ0) is 21.1. The molecule has 0 aromatic heterocycles. The highest BCUT2D eigenvalue weighted by Gasteiger charge is 2.26. The summed E-state index contributed by atoms with van der Waals surface area (Å²) in [5.74, 6) is 0.989. The molecule has 0 radical (unpaired) electrons. The topological polar surface area (TPSA) is 51.2 Å². The van der Waals surface area contributed by atoms with Crippen molar-refractivity contribution in [3.8, 4) is 0 Å². The first-order valence-electron chi connectivity index (χ1n) is 11.0. The van der Waals surface area contributed by atoms with Gasteiger partial charge < -0.3 is 15.1 Å². The van der Waals surface area contributed by atoms with Gasteiger partial charge in [0.05, 0.1) is 6.54 Å². The van der Waals surface area contributed by atoms with Crippen LogP contribution < -0.4 is 5.32 Å². The number of aliphatic imine (C=N–C) groups is 1. The van der Waals surface area contributed by atoms with Crippen LogP contribution in [0.25, 0.3) is 0 Å². The Hall–Kier alpha value is -0.780. The molecule has 0 bridgehead atoms. The molecule has 1 N–H and O–H groups in total. The second kappa shape index (κ2) is 14.3. The maximum Gasteiger partial charge on any atom is 0.389 e. The van der Waals surface area contributed by atoms with E-state index < -0.39 is 12.6 Å². The molecule has 2 heterocycles. The van der Waals surface area contributed by atoms with Gasteiger partial charge in [-0.15, -0.1) is 24.0 Å². The number of guanidine groups is 1. The summed E-state index contributed by atoms with van der Waals surface area (Å²) in [6.07, 6.45) is 0.335. The molecule has 0 atom stereocenters. The van der Waals surface area contributed by atoms with E-state index in [4.69, 9.17) is 0 Å². The first kappa shape index (κ1) is 27.3. The van der Waals surface area contributed by atoms with Crippen molar-refractivity contribution in [1.82, 2.24) is 20.0 Å². The van der Waals surface area contributed by atoms with Crippen LogP contribution in [-0.2, 0) is 4.79 Å². The number of nitrogens with zero attached hydrogens (tertiary/aromatic N) is 4. The number of amides is 1. The molecule has 0 aromatic carbocycles. The number of alkyl halides is 3. The van der Waals surface area contributed by atoms with Gasteiger partial charge >= 0.3 is 6.18 Å². The Kier molecular flexibility index (Phi) is 13.0. The summed E-state index contributed by atoms with van der Waals surface area (Å²) in [4.78, 5) is 23.4. The third-order valence-corrected chi connectivity index (χ3v) is 5.45. The molecule has 0 aromatic rings. The van der Waals surface area contributed by atoms with Gasteiger partial charge in [-0.1, -0.05) is 12.8 Å². The second-order valence-corrected chi connectivity index (χ2v) is 7.87. The molecule has 0 spiro atoms. The number of nitrogens with one attached hydrogen (secondary N) is 1. The van der Waals surface area contributed by atoms with Crippen molar-refractivity contribution in [2.45, 2.75) is 58.0 Å². The molecule has 0 saturated carbocycles. The number of hydrogen-bond acceptors (Lipinski definition) is 3. The number of carbonyl (C=O) groups is 1. The monoisotopic (exact) mass is 547 g/mol. The van der Waals surface area contributed by atoms with Crippen molar-refractivity contribution in [3.05, 3.63) is 0 Å². The molecule has 30 heavy (non-hydrogen) atoms. The molecule has 2 rings (SSSR count). The van der Waals surface area contributed by atoms with Gasteiger partial charge in [0.25, 0.3) is 0 Å². The minimum absolute atomic E-state index is 0. The number of halogens is 4. The van der Waals surface area contributed by atoms with Gasteiger partial charge in [-0.25, -0.2) is 0 Å². The highest BCUT2D eigenvalue weighted by molar-refractivity contribution is 14.0. The average molecular weight is 547 g/mol. The van der Waals surface area contributed by atoms with E-state index in [9.17, 15) is 18.0 Å². The number of carbonyl (C=O) groups excluding carboxylic acids is 1. The lowest BCUT2D eigenvalue weighted by molar-refractivity contribution is -0.135. The number of likely N-dealkylation sites (tertiary alicyclic amines) is 1. The maximum atomic E-state index is 12.6. The fourth-order valence-electron chi connectivity index (χ4n) is 3.78. The lowest BCUT2D eigenvalue weighted by Gasteiger charge is -2.37. The maximum absolute atomic E-state index is 12.6. The number of rotatable bonds is 7. The standard InChI is InChI=1S/C20H36F3N5O.HI/c1-2-24-19(25-10-6-5-9-20(21,22)23)28-15-13-26(14-16-28)17-18(29)27-11-7-3-4-8-12-27;/h2-17H2,1H3,(H,24,25);1H. The molecule has 2 fully saturated rings. The van der Waals surface area contributed by atoms with E-state index in [1.165, 1.54) is 12.8 Å². The predicted molar refractivity (Wildman–Crippen MR) is 124 cm³/mol. The second-order valence-electron chi connectivity index (χ2n) is 7.87. The fraction of sp³-hybridized carbons (Fsp3) is 0.900. The van der Waals surface area contributed by atoms with Gasteiger partial charge in [0, 0.05) is 58.8 Å². The smallest absolute Gasteiger partial charge is 0.357 e. The summed E-state index contributed by atoms with van der Waals surface area (Å²) in [7, 11) is 0. The first-order chi connectivity index (χ1) is 13.9. The first-order valence-corrected chi connectivity index (χ1v) is 11.0. The Bertz CT molecular complexity index is 517. The minimum atomic E-state index is -4.09. The highest BCUT2D eigenvalue weighted by atomic mass is 127. The van der Waals surface area contributed by atoms with Crippen molar-refractivity contribution in [2.24, 2.45) is 4.99 Å². The SMILES string of the molecule is CCNC(=NCCCCC(F)(F)F)N1CCN(CC(=O)N2CCCCCC2)CC1.I. The van der Waals surface area contributed by atoms with E-state index in [1.807, 2.05) is 11.8 Å². The Labute approximate surface area is 195 Å². The summed E-state index contributed by atoms with van der Waals surface area (Å²) in [6.45, 7) is 8.43. The van der Waals surface area contributed by atoms with Gasteiger partial charge in [0.1, 0.15) is 0 Å². The van der Waals surface area contributed by atoms with Gasteiger partial charge in [0.15, 0.2) is 5.96 Å². The number of hydrogen-bond donors (Lipinski definition) is 1. The van der Waals surface area contributed by atoms with Gasteiger partial charge in [-0.2, -0.15) is 13.2 Å². The zero-order valence-corrected chi connectivity index (χ0v) is 20.4. The van der Waals surface area contributed by atoms with Gasteiger partial charge in [-0.3, -0.25) is 14.7 Å². The summed E-state index contributed by atoms with van der Waals surface area (Å²) in [5.41, 5.74) is 0. The molecule has 0 unspecified atom stereocenters. The Morgan fingerprint density at radius 3 is 2.13 bits per heavy atom. The fourth-order valence-corrected chi connectivity index (χ4v) is 3.78. The van der Waals surface area contributed by atoms with Crippen LogP contribution in [0.3, 0.4) is 0 Å². The third-order valence-electron chi connectivity index (χ3n) is 5.45. The lowest BCUT2D eigenvalue weighted by Crippen LogP contribution is -2.54. The van der Waals surface area contributed by atoms with Gasteiger partial charge in [-0.05, 0) is 32.6 Å². The van der Waals surface area contributed by atoms with E-state index in [0.29, 0.717) is 19.5 Å². The predicted octanol–water partition coefficient (Wildman–Crippen LogP) is 3.32. The van der Waals surface area contributed by atoms with Crippen LogP contribution >= 0.6 is 24.0 Å². The zero-order valence-electron chi connectivity index (χ0n) is 18.1. The van der Waals surface area contributed by atoms with E-state index in [2.05, 4.69) is 20.1 Å². The largest absolute Gasteiger partial charge is 0.389 e. The van der Waals surface area contributed by atoms with Gasteiger partial charge in [0.2, 0.25) is 5.91 Å². The van der Waals surface area contributed by atoms with Crippen molar-refractivity contribution >= 4 is 35.8 Å². The Morgan fingerprint density at radius 1 is 0.933 bits per heavy atom. The van der Waals surface area contributed by atoms with Crippen LogP contribution in [0, 0.1) is 0 Å². The van der Waals surface area contributed by atoms with Crippen LogP contribution in [0.15, 0.2) is 4.99 Å². The molecule has 1 amide bonds. The highest BCUT2D eigenvalue weighted by Crippen LogP contribution is 2.22. The Balaban J connectivity index is 0.00000450. The molecule has 2 saturated heterocycles. The van der Waals surface area contributed by atoms with Crippen LogP contribution in [0.2, 0.25) is 0 Å². The van der Waals surface area contributed by atoms with Crippen LogP contribution in [0.1, 0.15) is 51.9 Å². The normalized spacial score (nSPS) is 19.3. The minimum Gasteiger partial charge on any atom is -0.357 e. The van der Waals surface area contributed by atoms with Crippen molar-refractivity contribution in [2.75, 3.05) is 58.9 Å². The quantitative estimate of drug-likeness (QED) is 0.230. The van der Waals surface area contributed by atoms with E-state index in [-0.39, 0.29) is 36.3 Å². The summed E-state index contributed by atoms with van der Waals surface area (Å²) >= 11 is 0. The summed E-state index contributed by atoms with van der Waals surface area (Å²) in [6, 6.07) is 0. The van der Waals surface area contributed by atoms with Crippen LogP contribution in [0.4, 0.5) is 13.2 Å². The Morgan fingerprint density at radius 2 is 1.57 bits per heavy atom. The molecule has 10 heteroatoms. The molecular weight excluding hydrogens is 510 g/mol. The average Bonchev–Trinajstić information content (AvgIpc) is 2.96. The van der Waals surface area contributed by atoms with E-state index in [0.717, 1.165) is 64.6 Å². The molecule has 176 valence electrons. The van der Waals surface area contributed by atoms with Crippen LogP contribution in [0.5, 0.6) is 0 Å². The third kappa shape index (κ3) is 10.5. The molecule has 2 aliphatic rings. The summed E-state index contributed by atoms with van der Waals surface area (Å²) in [5, 5.41) is 3.23. The molecule has 0 aliphatic carbocycles. The van der Waals surface area contributed by atoms with Crippen molar-refractivity contribution < 1.29 is 18.0 Å². The van der Waals surface area contributed by atoms with Crippen LogP contribution in [-0.4, -0.2) is 91.6 Å².